The molecule has 0 unspecified atom stereocenters. The van der Waals surface area contributed by atoms with E-state index in [1.54, 1.807) is 0 Å². The van der Waals surface area contributed by atoms with Crippen LogP contribution in [0.4, 0.5) is 0 Å². The van der Waals surface area contributed by atoms with E-state index < -0.39 is 0 Å². The van der Waals surface area contributed by atoms with Crippen molar-refractivity contribution in [2.75, 3.05) is 0 Å². The minimum Gasteiger partial charge on any atom is -0.261 e. The Kier molecular flexibility index (Phi) is 4.95. The fourth-order valence-electron chi connectivity index (χ4n) is 1.99. The average molecular weight is 247 g/mol. The molecule has 102 valence electrons. The van der Waals surface area contributed by atoms with E-state index in [9.17, 15) is 0 Å². The van der Waals surface area contributed by atoms with Crippen molar-refractivity contribution in [1.82, 2.24) is 4.98 Å². The predicted octanol–water partition coefficient (Wildman–Crippen LogP) is 5.21. The molecule has 0 radical (unpaired) electrons. The van der Waals surface area contributed by atoms with Crippen molar-refractivity contribution in [1.29, 1.82) is 0 Å². The molecule has 0 bridgehead atoms. The summed E-state index contributed by atoms with van der Waals surface area (Å²) >= 11 is 0. The number of rotatable bonds is 1. The van der Waals surface area contributed by atoms with Crippen molar-refractivity contribution in [3.8, 4) is 0 Å². The molecule has 0 N–H and O–H groups in total. The van der Waals surface area contributed by atoms with E-state index in [0.29, 0.717) is 5.41 Å². The molecule has 0 atom stereocenters. The van der Waals surface area contributed by atoms with Gasteiger partial charge in [0, 0.05) is 17.3 Å². The van der Waals surface area contributed by atoms with Gasteiger partial charge in [-0.05, 0) is 29.9 Å². The molecule has 0 amide bonds. The minimum atomic E-state index is 0.182. The van der Waals surface area contributed by atoms with Crippen LogP contribution in [-0.4, -0.2) is 4.98 Å². The third-order valence-corrected chi connectivity index (χ3v) is 3.03. The van der Waals surface area contributed by atoms with E-state index in [2.05, 4.69) is 52.6 Å². The quantitative estimate of drug-likeness (QED) is 0.663. The minimum absolute atomic E-state index is 0.182. The van der Waals surface area contributed by atoms with Crippen LogP contribution in [0.5, 0.6) is 0 Å². The largest absolute Gasteiger partial charge is 0.261 e. The summed E-state index contributed by atoms with van der Waals surface area (Å²) in [7, 11) is 0. The van der Waals surface area contributed by atoms with Crippen LogP contribution in [0.15, 0.2) is 24.4 Å². The van der Waals surface area contributed by atoms with Crippen LogP contribution in [0.25, 0.3) is 0 Å². The molecule has 0 aromatic carbocycles. The Balaban J connectivity index is 0.000000184. The summed E-state index contributed by atoms with van der Waals surface area (Å²) < 4.78 is 0. The average Bonchev–Trinajstić information content (AvgIpc) is 3.00. The summed E-state index contributed by atoms with van der Waals surface area (Å²) in [6.45, 7) is 13.5. The van der Waals surface area contributed by atoms with Crippen LogP contribution in [-0.2, 0) is 5.41 Å². The van der Waals surface area contributed by atoms with Crippen molar-refractivity contribution < 1.29 is 0 Å². The van der Waals surface area contributed by atoms with Crippen molar-refractivity contribution in [3.63, 3.8) is 0 Å². The van der Waals surface area contributed by atoms with E-state index in [1.807, 2.05) is 18.3 Å². The standard InChI is InChI=1S/C9H13N.C8H16/c1-9(2,3)8-6-4-5-7-10-8;1-8(2,3)6-7-4-5-7/h4-7H,1-3H3;7H,4-6H2,1-3H3. The number of aromatic nitrogens is 1. The summed E-state index contributed by atoms with van der Waals surface area (Å²) in [5, 5.41) is 0. The van der Waals surface area contributed by atoms with E-state index in [1.165, 1.54) is 19.3 Å². The van der Waals surface area contributed by atoms with Gasteiger partial charge in [-0.3, -0.25) is 4.98 Å². The molecule has 1 heterocycles. The van der Waals surface area contributed by atoms with Crippen molar-refractivity contribution in [2.24, 2.45) is 11.3 Å². The molecule has 1 aromatic heterocycles. The number of nitrogens with zero attached hydrogens (tertiary/aromatic N) is 1. The second-order valence-electron chi connectivity index (χ2n) is 7.67. The first-order valence-electron chi connectivity index (χ1n) is 7.10. The van der Waals surface area contributed by atoms with Crippen molar-refractivity contribution in [2.45, 2.75) is 66.2 Å². The number of pyridine rings is 1. The molecular formula is C17H29N. The lowest BCUT2D eigenvalue weighted by Gasteiger charge is -2.16. The molecule has 0 aliphatic heterocycles. The molecule has 0 spiro atoms. The van der Waals surface area contributed by atoms with Crippen LogP contribution >= 0.6 is 0 Å². The van der Waals surface area contributed by atoms with Gasteiger partial charge in [-0.2, -0.15) is 0 Å². The highest BCUT2D eigenvalue weighted by molar-refractivity contribution is 5.12. The molecule has 0 saturated heterocycles. The van der Waals surface area contributed by atoms with Gasteiger partial charge in [0.1, 0.15) is 0 Å². The second kappa shape index (κ2) is 5.86. The van der Waals surface area contributed by atoms with Crippen molar-refractivity contribution >= 4 is 0 Å². The maximum absolute atomic E-state index is 4.25. The van der Waals surface area contributed by atoms with Crippen LogP contribution in [0, 0.1) is 11.3 Å². The Bertz CT molecular complexity index is 336. The molecule has 1 heteroatoms. The topological polar surface area (TPSA) is 12.9 Å². The highest BCUT2D eigenvalue weighted by Gasteiger charge is 2.26. The zero-order valence-corrected chi connectivity index (χ0v) is 13.0. The molecule has 1 aliphatic carbocycles. The summed E-state index contributed by atoms with van der Waals surface area (Å²) in [4.78, 5) is 4.25. The van der Waals surface area contributed by atoms with Crippen LogP contribution < -0.4 is 0 Å². The monoisotopic (exact) mass is 247 g/mol. The van der Waals surface area contributed by atoms with Gasteiger partial charge in [-0.25, -0.2) is 0 Å². The Morgan fingerprint density at radius 1 is 1.06 bits per heavy atom. The Labute approximate surface area is 113 Å². The van der Waals surface area contributed by atoms with Crippen molar-refractivity contribution in [3.05, 3.63) is 30.1 Å². The SMILES string of the molecule is CC(C)(C)CC1CC1.CC(C)(C)c1ccccn1. The molecular weight excluding hydrogens is 218 g/mol. The molecule has 1 nitrogen and oxygen atoms in total. The first kappa shape index (κ1) is 15.2. The van der Waals surface area contributed by atoms with Gasteiger partial charge in [-0.15, -0.1) is 0 Å². The van der Waals surface area contributed by atoms with Gasteiger partial charge in [-0.1, -0.05) is 60.5 Å². The lowest BCUT2D eigenvalue weighted by molar-refractivity contribution is 0.354. The molecule has 1 fully saturated rings. The van der Waals surface area contributed by atoms with Gasteiger partial charge in [0.15, 0.2) is 0 Å². The highest BCUT2D eigenvalue weighted by atomic mass is 14.7. The molecule has 1 saturated carbocycles. The van der Waals surface area contributed by atoms with Gasteiger partial charge in [0.05, 0.1) is 0 Å². The summed E-state index contributed by atoms with van der Waals surface area (Å²) in [6.07, 6.45) is 6.27. The lowest BCUT2D eigenvalue weighted by atomic mass is 9.90. The summed E-state index contributed by atoms with van der Waals surface area (Å²) in [5.41, 5.74) is 1.91. The van der Waals surface area contributed by atoms with Gasteiger partial charge in [0.25, 0.3) is 0 Å². The number of hydrogen-bond acceptors (Lipinski definition) is 1. The Morgan fingerprint density at radius 3 is 1.89 bits per heavy atom. The third-order valence-electron chi connectivity index (χ3n) is 3.03. The maximum Gasteiger partial charge on any atom is 0.0457 e. The van der Waals surface area contributed by atoms with E-state index in [0.717, 1.165) is 11.6 Å². The fourth-order valence-corrected chi connectivity index (χ4v) is 1.99. The van der Waals surface area contributed by atoms with Gasteiger partial charge < -0.3 is 0 Å². The normalized spacial score (nSPS) is 15.9. The molecule has 18 heavy (non-hydrogen) atoms. The second-order valence-corrected chi connectivity index (χ2v) is 7.67. The Morgan fingerprint density at radius 2 is 1.67 bits per heavy atom. The molecule has 1 aromatic rings. The zero-order valence-electron chi connectivity index (χ0n) is 13.0. The van der Waals surface area contributed by atoms with Gasteiger partial charge in [0.2, 0.25) is 0 Å². The van der Waals surface area contributed by atoms with Crippen LogP contribution in [0.1, 0.15) is 66.5 Å². The highest BCUT2D eigenvalue weighted by Crippen LogP contribution is 2.39. The molecule has 2 rings (SSSR count). The lowest BCUT2D eigenvalue weighted by Crippen LogP contribution is -2.12. The van der Waals surface area contributed by atoms with E-state index in [-0.39, 0.29) is 5.41 Å². The number of hydrogen-bond donors (Lipinski definition) is 0. The third kappa shape index (κ3) is 6.78. The maximum atomic E-state index is 4.25. The Hall–Kier alpha value is -0.850. The van der Waals surface area contributed by atoms with Crippen LogP contribution in [0.2, 0.25) is 0 Å². The smallest absolute Gasteiger partial charge is 0.0457 e. The summed E-state index contributed by atoms with van der Waals surface area (Å²) in [6, 6.07) is 6.02. The van der Waals surface area contributed by atoms with Crippen LogP contribution in [0.3, 0.4) is 0 Å². The predicted molar refractivity (Wildman–Crippen MR) is 79.7 cm³/mol. The first-order chi connectivity index (χ1) is 8.18. The van der Waals surface area contributed by atoms with E-state index in [4.69, 9.17) is 0 Å². The van der Waals surface area contributed by atoms with Gasteiger partial charge >= 0.3 is 0 Å². The van der Waals surface area contributed by atoms with E-state index >= 15 is 0 Å². The summed E-state index contributed by atoms with van der Waals surface area (Å²) in [5.74, 6) is 1.09. The molecule has 1 aliphatic rings. The zero-order chi connectivity index (χ0) is 13.8. The fraction of sp³-hybridized carbons (Fsp3) is 0.706. The first-order valence-corrected chi connectivity index (χ1v) is 7.10.